The van der Waals surface area contributed by atoms with Gasteiger partial charge in [-0.15, -0.1) is 11.8 Å². The molecule has 0 fully saturated rings. The number of hydrogen-bond donors (Lipinski definition) is 3. The summed E-state index contributed by atoms with van der Waals surface area (Å²) in [6, 6.07) is 9.82. The highest BCUT2D eigenvalue weighted by Crippen LogP contribution is 2.10. The number of aliphatic hydroxyl groups is 1. The molecule has 0 aliphatic heterocycles. The maximum absolute atomic E-state index is 11.4. The summed E-state index contributed by atoms with van der Waals surface area (Å²) in [7, 11) is 0. The molecule has 1 rings (SSSR count). The van der Waals surface area contributed by atoms with Gasteiger partial charge in [-0.2, -0.15) is 0 Å². The van der Waals surface area contributed by atoms with E-state index in [4.69, 9.17) is 10.2 Å². The van der Waals surface area contributed by atoms with Gasteiger partial charge in [0.15, 0.2) is 6.10 Å². The summed E-state index contributed by atoms with van der Waals surface area (Å²) < 4.78 is 0. The van der Waals surface area contributed by atoms with E-state index in [0.29, 0.717) is 5.75 Å². The lowest BCUT2D eigenvalue weighted by Gasteiger charge is -2.07. The van der Waals surface area contributed by atoms with Crippen LogP contribution in [0.2, 0.25) is 0 Å². The number of rotatable bonds is 8. The molecule has 0 saturated carbocycles. The molecule has 1 unspecified atom stereocenters. The van der Waals surface area contributed by atoms with E-state index in [2.05, 4.69) is 5.32 Å². The van der Waals surface area contributed by atoms with Crippen LogP contribution in [0.1, 0.15) is 12.0 Å². The first-order chi connectivity index (χ1) is 9.09. The molecule has 0 saturated heterocycles. The first-order valence-corrected chi connectivity index (χ1v) is 7.04. The van der Waals surface area contributed by atoms with E-state index in [9.17, 15) is 9.59 Å². The summed E-state index contributed by atoms with van der Waals surface area (Å²) >= 11 is 1.49. The zero-order chi connectivity index (χ0) is 14.1. The standard InChI is InChI=1S/C13H17NO4S/c15-11(13(17)18)6-7-14-12(16)9-19-8-10-4-2-1-3-5-10/h1-5,11,15H,6-9H2,(H,14,16)(H,17,18). The second-order valence-electron chi connectivity index (χ2n) is 3.97. The van der Waals surface area contributed by atoms with Gasteiger partial charge in [-0.3, -0.25) is 4.79 Å². The Hall–Kier alpha value is -1.53. The molecule has 3 N–H and O–H groups in total. The van der Waals surface area contributed by atoms with Crippen LogP contribution in [0.5, 0.6) is 0 Å². The number of amides is 1. The van der Waals surface area contributed by atoms with Crippen molar-refractivity contribution >= 4 is 23.6 Å². The van der Waals surface area contributed by atoms with Crippen molar-refractivity contribution in [3.05, 3.63) is 35.9 Å². The SMILES string of the molecule is O=C(CSCc1ccccc1)NCCC(O)C(=O)O. The number of hydrogen-bond acceptors (Lipinski definition) is 4. The number of benzene rings is 1. The van der Waals surface area contributed by atoms with Crippen LogP contribution >= 0.6 is 11.8 Å². The number of thioether (sulfide) groups is 1. The van der Waals surface area contributed by atoms with E-state index in [1.165, 1.54) is 11.8 Å². The maximum atomic E-state index is 11.4. The highest BCUT2D eigenvalue weighted by atomic mass is 32.2. The van der Waals surface area contributed by atoms with Crippen LogP contribution in [0.25, 0.3) is 0 Å². The largest absolute Gasteiger partial charge is 0.479 e. The van der Waals surface area contributed by atoms with Crippen molar-refractivity contribution in [3.63, 3.8) is 0 Å². The number of nitrogens with one attached hydrogen (secondary N) is 1. The third kappa shape index (κ3) is 6.83. The number of carboxylic acid groups (broad SMARTS) is 1. The van der Waals surface area contributed by atoms with E-state index < -0.39 is 12.1 Å². The van der Waals surface area contributed by atoms with Gasteiger partial charge in [-0.05, 0) is 5.56 Å². The van der Waals surface area contributed by atoms with Gasteiger partial charge in [0.25, 0.3) is 0 Å². The average molecular weight is 283 g/mol. The van der Waals surface area contributed by atoms with Crippen molar-refractivity contribution in [2.75, 3.05) is 12.3 Å². The lowest BCUT2D eigenvalue weighted by Crippen LogP contribution is -2.31. The highest BCUT2D eigenvalue weighted by Gasteiger charge is 2.12. The number of carboxylic acids is 1. The predicted octanol–water partition coefficient (Wildman–Crippen LogP) is 0.872. The lowest BCUT2D eigenvalue weighted by molar-refractivity contribution is -0.147. The van der Waals surface area contributed by atoms with Crippen LogP contribution in [0, 0.1) is 0 Å². The summed E-state index contributed by atoms with van der Waals surface area (Å²) in [5.41, 5.74) is 1.15. The smallest absolute Gasteiger partial charge is 0.332 e. The Bertz CT molecular complexity index is 410. The van der Waals surface area contributed by atoms with Crippen molar-refractivity contribution < 1.29 is 19.8 Å². The Morgan fingerprint density at radius 3 is 2.58 bits per heavy atom. The molecular formula is C13H17NO4S. The van der Waals surface area contributed by atoms with Gasteiger partial charge in [-0.25, -0.2) is 4.79 Å². The van der Waals surface area contributed by atoms with Gasteiger partial charge >= 0.3 is 5.97 Å². The van der Waals surface area contributed by atoms with Crippen molar-refractivity contribution in [1.82, 2.24) is 5.32 Å². The predicted molar refractivity (Wildman–Crippen MR) is 73.9 cm³/mol. The zero-order valence-electron chi connectivity index (χ0n) is 10.4. The summed E-state index contributed by atoms with van der Waals surface area (Å²) in [5.74, 6) is -0.351. The number of aliphatic hydroxyl groups excluding tert-OH is 1. The molecule has 0 aliphatic carbocycles. The molecule has 5 nitrogen and oxygen atoms in total. The van der Waals surface area contributed by atoms with Crippen molar-refractivity contribution in [2.24, 2.45) is 0 Å². The van der Waals surface area contributed by atoms with Crippen LogP contribution in [0.4, 0.5) is 0 Å². The lowest BCUT2D eigenvalue weighted by atomic mass is 10.2. The fraction of sp³-hybridized carbons (Fsp3) is 0.385. The van der Waals surface area contributed by atoms with Gasteiger partial charge < -0.3 is 15.5 Å². The number of carbonyl (C=O) groups excluding carboxylic acids is 1. The molecule has 1 aromatic rings. The van der Waals surface area contributed by atoms with Crippen LogP contribution in [-0.2, 0) is 15.3 Å². The van der Waals surface area contributed by atoms with E-state index in [-0.39, 0.29) is 18.9 Å². The molecule has 0 radical (unpaired) electrons. The molecule has 0 aliphatic rings. The van der Waals surface area contributed by atoms with Crippen LogP contribution < -0.4 is 5.32 Å². The topological polar surface area (TPSA) is 86.6 Å². The van der Waals surface area contributed by atoms with Crippen LogP contribution in [0.3, 0.4) is 0 Å². The van der Waals surface area contributed by atoms with Crippen molar-refractivity contribution in [1.29, 1.82) is 0 Å². The van der Waals surface area contributed by atoms with E-state index in [1.807, 2.05) is 30.3 Å². The molecule has 0 bridgehead atoms. The monoisotopic (exact) mass is 283 g/mol. The Morgan fingerprint density at radius 1 is 1.26 bits per heavy atom. The molecule has 1 amide bonds. The molecule has 1 aromatic carbocycles. The van der Waals surface area contributed by atoms with Crippen LogP contribution in [0.15, 0.2) is 30.3 Å². The molecule has 1 atom stereocenters. The molecule has 104 valence electrons. The minimum absolute atomic E-state index is 0.0183. The first-order valence-electron chi connectivity index (χ1n) is 5.89. The third-order valence-electron chi connectivity index (χ3n) is 2.37. The second-order valence-corrected chi connectivity index (χ2v) is 4.96. The molecule has 0 heterocycles. The zero-order valence-corrected chi connectivity index (χ0v) is 11.2. The minimum Gasteiger partial charge on any atom is -0.479 e. The van der Waals surface area contributed by atoms with Gasteiger partial charge in [0.2, 0.25) is 5.91 Å². The van der Waals surface area contributed by atoms with Crippen molar-refractivity contribution in [2.45, 2.75) is 18.3 Å². The maximum Gasteiger partial charge on any atom is 0.332 e. The van der Waals surface area contributed by atoms with E-state index >= 15 is 0 Å². The summed E-state index contributed by atoms with van der Waals surface area (Å²) in [5, 5.41) is 20.0. The minimum atomic E-state index is -1.42. The summed E-state index contributed by atoms with van der Waals surface area (Å²) in [6.45, 7) is 0.165. The van der Waals surface area contributed by atoms with Gasteiger partial charge in [-0.1, -0.05) is 30.3 Å². The molecule has 6 heteroatoms. The Labute approximate surface area is 116 Å². The van der Waals surface area contributed by atoms with E-state index in [1.54, 1.807) is 0 Å². The molecule has 0 spiro atoms. The molecule has 0 aromatic heterocycles. The number of aliphatic carboxylic acids is 1. The van der Waals surface area contributed by atoms with Gasteiger partial charge in [0.05, 0.1) is 5.75 Å². The normalized spacial score (nSPS) is 11.8. The fourth-order valence-electron chi connectivity index (χ4n) is 1.36. The second kappa shape index (κ2) is 8.55. The Balaban J connectivity index is 2.10. The highest BCUT2D eigenvalue weighted by molar-refractivity contribution is 7.99. The fourth-order valence-corrected chi connectivity index (χ4v) is 2.18. The summed E-state index contributed by atoms with van der Waals surface area (Å²) in [4.78, 5) is 21.8. The first kappa shape index (κ1) is 15.5. The Morgan fingerprint density at radius 2 is 1.95 bits per heavy atom. The van der Waals surface area contributed by atoms with Gasteiger partial charge in [0, 0.05) is 18.7 Å². The van der Waals surface area contributed by atoms with Gasteiger partial charge in [0.1, 0.15) is 0 Å². The quantitative estimate of drug-likeness (QED) is 0.659. The van der Waals surface area contributed by atoms with E-state index in [0.717, 1.165) is 11.3 Å². The Kier molecular flexibility index (Phi) is 6.99. The summed E-state index contributed by atoms with van der Waals surface area (Å²) in [6.07, 6.45) is -1.40. The third-order valence-corrected chi connectivity index (χ3v) is 3.37. The number of carbonyl (C=O) groups is 2. The van der Waals surface area contributed by atoms with Crippen molar-refractivity contribution in [3.8, 4) is 0 Å². The average Bonchev–Trinajstić information content (AvgIpc) is 2.39. The molecular weight excluding hydrogens is 266 g/mol. The van der Waals surface area contributed by atoms with Crippen LogP contribution in [-0.4, -0.2) is 40.5 Å². The molecule has 19 heavy (non-hydrogen) atoms.